The van der Waals surface area contributed by atoms with Crippen molar-refractivity contribution in [2.24, 2.45) is 0 Å². The molecule has 1 N–H and O–H groups in total. The molecule has 0 atom stereocenters. The Morgan fingerprint density at radius 3 is 2.48 bits per heavy atom. The first-order chi connectivity index (χ1) is 10.2. The summed E-state index contributed by atoms with van der Waals surface area (Å²) in [4.78, 5) is 0. The molecule has 0 amide bonds. The third kappa shape index (κ3) is 4.57. The molecule has 112 valence electrons. The van der Waals surface area contributed by atoms with Crippen molar-refractivity contribution < 1.29 is 9.47 Å². The summed E-state index contributed by atoms with van der Waals surface area (Å²) >= 11 is 5.87. The number of anilines is 1. The van der Waals surface area contributed by atoms with Crippen LogP contribution in [0.15, 0.2) is 42.5 Å². The lowest BCUT2D eigenvalue weighted by molar-refractivity contribution is 0.294. The van der Waals surface area contributed by atoms with Crippen LogP contribution in [0.1, 0.15) is 18.9 Å². The first-order valence-electron chi connectivity index (χ1n) is 7.02. The van der Waals surface area contributed by atoms with E-state index in [0.717, 1.165) is 34.2 Å². The van der Waals surface area contributed by atoms with Gasteiger partial charge < -0.3 is 14.8 Å². The molecule has 21 heavy (non-hydrogen) atoms. The molecule has 0 saturated carbocycles. The van der Waals surface area contributed by atoms with Crippen molar-refractivity contribution in [1.82, 2.24) is 0 Å². The van der Waals surface area contributed by atoms with Gasteiger partial charge in [-0.05, 0) is 48.4 Å². The summed E-state index contributed by atoms with van der Waals surface area (Å²) in [5.41, 5.74) is 2.16. The summed E-state index contributed by atoms with van der Waals surface area (Å²) < 4.78 is 11.0. The van der Waals surface area contributed by atoms with Gasteiger partial charge in [-0.1, -0.05) is 24.6 Å². The molecule has 0 aromatic heterocycles. The number of hydrogen-bond donors (Lipinski definition) is 1. The SMILES string of the molecule is CCCOc1ccc(CNc2ccc(Cl)cc2)cc1OC. The van der Waals surface area contributed by atoms with E-state index in [1.54, 1.807) is 7.11 Å². The van der Waals surface area contributed by atoms with Crippen LogP contribution in [-0.4, -0.2) is 13.7 Å². The van der Waals surface area contributed by atoms with E-state index in [1.807, 2.05) is 42.5 Å². The third-order valence-corrected chi connectivity index (χ3v) is 3.28. The van der Waals surface area contributed by atoms with Gasteiger partial charge in [0.1, 0.15) is 0 Å². The number of nitrogens with one attached hydrogen (secondary N) is 1. The molecule has 0 unspecified atom stereocenters. The number of benzene rings is 2. The molecule has 0 aliphatic heterocycles. The van der Waals surface area contributed by atoms with Crippen molar-refractivity contribution in [1.29, 1.82) is 0 Å². The average molecular weight is 306 g/mol. The van der Waals surface area contributed by atoms with E-state index in [9.17, 15) is 0 Å². The zero-order valence-electron chi connectivity index (χ0n) is 12.4. The summed E-state index contributed by atoms with van der Waals surface area (Å²) in [5, 5.41) is 4.08. The van der Waals surface area contributed by atoms with Gasteiger partial charge in [0.2, 0.25) is 0 Å². The molecule has 2 aromatic carbocycles. The largest absolute Gasteiger partial charge is 0.493 e. The summed E-state index contributed by atoms with van der Waals surface area (Å²) in [6.45, 7) is 3.49. The molecule has 2 rings (SSSR count). The first kappa shape index (κ1) is 15.5. The summed E-state index contributed by atoms with van der Waals surface area (Å²) in [7, 11) is 1.66. The molecule has 0 spiro atoms. The van der Waals surface area contributed by atoms with E-state index in [0.29, 0.717) is 13.2 Å². The number of rotatable bonds is 7. The van der Waals surface area contributed by atoms with Gasteiger partial charge in [0.05, 0.1) is 13.7 Å². The number of hydrogen-bond acceptors (Lipinski definition) is 3. The Labute approximate surface area is 130 Å². The maximum absolute atomic E-state index is 5.87. The molecular formula is C17H20ClNO2. The van der Waals surface area contributed by atoms with Crippen LogP contribution in [-0.2, 0) is 6.54 Å². The molecule has 0 bridgehead atoms. The van der Waals surface area contributed by atoms with Crippen molar-refractivity contribution in [2.45, 2.75) is 19.9 Å². The molecule has 0 fully saturated rings. The second kappa shape index (κ2) is 7.79. The topological polar surface area (TPSA) is 30.5 Å². The molecule has 0 radical (unpaired) electrons. The Morgan fingerprint density at radius 2 is 1.81 bits per heavy atom. The highest BCUT2D eigenvalue weighted by molar-refractivity contribution is 6.30. The Morgan fingerprint density at radius 1 is 1.05 bits per heavy atom. The minimum Gasteiger partial charge on any atom is -0.493 e. The third-order valence-electron chi connectivity index (χ3n) is 3.03. The summed E-state index contributed by atoms with van der Waals surface area (Å²) in [6.07, 6.45) is 0.975. The second-order valence-electron chi connectivity index (χ2n) is 4.69. The zero-order chi connectivity index (χ0) is 15.1. The van der Waals surface area contributed by atoms with Gasteiger partial charge in [0, 0.05) is 17.3 Å². The van der Waals surface area contributed by atoms with Crippen LogP contribution in [0.5, 0.6) is 11.5 Å². The predicted molar refractivity (Wildman–Crippen MR) is 87.6 cm³/mol. The molecule has 0 saturated heterocycles. The molecule has 0 aliphatic rings. The number of methoxy groups -OCH3 is 1. The average Bonchev–Trinajstić information content (AvgIpc) is 2.52. The number of halogens is 1. The van der Waals surface area contributed by atoms with E-state index in [2.05, 4.69) is 12.2 Å². The van der Waals surface area contributed by atoms with Crippen LogP contribution in [0.2, 0.25) is 5.02 Å². The molecule has 0 heterocycles. The Balaban J connectivity index is 2.01. The molecule has 4 heteroatoms. The Kier molecular flexibility index (Phi) is 5.76. The van der Waals surface area contributed by atoms with Crippen molar-refractivity contribution in [2.75, 3.05) is 19.0 Å². The van der Waals surface area contributed by atoms with Crippen molar-refractivity contribution in [3.05, 3.63) is 53.1 Å². The highest BCUT2D eigenvalue weighted by atomic mass is 35.5. The van der Waals surface area contributed by atoms with Crippen molar-refractivity contribution in [3.63, 3.8) is 0 Å². The summed E-state index contributed by atoms with van der Waals surface area (Å²) in [5.74, 6) is 1.55. The second-order valence-corrected chi connectivity index (χ2v) is 5.13. The first-order valence-corrected chi connectivity index (χ1v) is 7.40. The fraction of sp³-hybridized carbons (Fsp3) is 0.294. The van der Waals surface area contributed by atoms with E-state index in [4.69, 9.17) is 21.1 Å². The lowest BCUT2D eigenvalue weighted by Gasteiger charge is -2.12. The van der Waals surface area contributed by atoms with Crippen LogP contribution in [0.3, 0.4) is 0 Å². The maximum Gasteiger partial charge on any atom is 0.161 e. The highest BCUT2D eigenvalue weighted by Gasteiger charge is 2.05. The van der Waals surface area contributed by atoms with Crippen LogP contribution >= 0.6 is 11.6 Å². The van der Waals surface area contributed by atoms with Crippen molar-refractivity contribution >= 4 is 17.3 Å². The van der Waals surface area contributed by atoms with Crippen LogP contribution in [0.4, 0.5) is 5.69 Å². The van der Waals surface area contributed by atoms with Crippen LogP contribution in [0, 0.1) is 0 Å². The van der Waals surface area contributed by atoms with E-state index < -0.39 is 0 Å². The predicted octanol–water partition coefficient (Wildman–Crippen LogP) is 4.75. The van der Waals surface area contributed by atoms with E-state index in [1.165, 1.54) is 0 Å². The minimum absolute atomic E-state index is 0.693. The lowest BCUT2D eigenvalue weighted by atomic mass is 10.2. The van der Waals surface area contributed by atoms with E-state index >= 15 is 0 Å². The Bertz CT molecular complexity index is 570. The molecular weight excluding hydrogens is 286 g/mol. The van der Waals surface area contributed by atoms with Gasteiger partial charge >= 0.3 is 0 Å². The van der Waals surface area contributed by atoms with Gasteiger partial charge in [0.25, 0.3) is 0 Å². The fourth-order valence-corrected chi connectivity index (χ4v) is 2.05. The normalized spacial score (nSPS) is 10.2. The molecule has 0 aliphatic carbocycles. The monoisotopic (exact) mass is 305 g/mol. The maximum atomic E-state index is 5.87. The lowest BCUT2D eigenvalue weighted by Crippen LogP contribution is -2.02. The smallest absolute Gasteiger partial charge is 0.161 e. The highest BCUT2D eigenvalue weighted by Crippen LogP contribution is 2.28. The number of ether oxygens (including phenoxy) is 2. The van der Waals surface area contributed by atoms with Gasteiger partial charge in [-0.3, -0.25) is 0 Å². The fourth-order valence-electron chi connectivity index (χ4n) is 1.93. The van der Waals surface area contributed by atoms with E-state index in [-0.39, 0.29) is 0 Å². The van der Waals surface area contributed by atoms with Crippen LogP contribution in [0.25, 0.3) is 0 Å². The standard InChI is InChI=1S/C17H20ClNO2/c1-3-10-21-16-9-4-13(11-17(16)20-2)12-19-15-7-5-14(18)6-8-15/h4-9,11,19H,3,10,12H2,1-2H3. The van der Waals surface area contributed by atoms with Gasteiger partial charge in [-0.2, -0.15) is 0 Å². The van der Waals surface area contributed by atoms with Gasteiger partial charge in [-0.15, -0.1) is 0 Å². The van der Waals surface area contributed by atoms with Crippen molar-refractivity contribution in [3.8, 4) is 11.5 Å². The van der Waals surface area contributed by atoms with Gasteiger partial charge in [-0.25, -0.2) is 0 Å². The quantitative estimate of drug-likeness (QED) is 0.800. The zero-order valence-corrected chi connectivity index (χ0v) is 13.1. The molecule has 3 nitrogen and oxygen atoms in total. The molecule has 2 aromatic rings. The minimum atomic E-state index is 0.693. The Hall–Kier alpha value is -1.87. The summed E-state index contributed by atoms with van der Waals surface area (Å²) in [6, 6.07) is 13.6. The van der Waals surface area contributed by atoms with Gasteiger partial charge in [0.15, 0.2) is 11.5 Å². The van der Waals surface area contributed by atoms with Crippen LogP contribution < -0.4 is 14.8 Å².